The number of amides is 1. The number of nitrogens with zero attached hydrogens (tertiary/aromatic N) is 2. The summed E-state index contributed by atoms with van der Waals surface area (Å²) >= 11 is 1.56. The molecule has 2 aliphatic heterocycles. The summed E-state index contributed by atoms with van der Waals surface area (Å²) in [6.07, 6.45) is 0.829. The molecule has 2 aromatic rings. The van der Waals surface area contributed by atoms with Crippen LogP contribution in [0.15, 0.2) is 41.4 Å². The van der Waals surface area contributed by atoms with Crippen LogP contribution in [0.1, 0.15) is 26.5 Å². The van der Waals surface area contributed by atoms with Gasteiger partial charge in [-0.25, -0.2) is 0 Å². The van der Waals surface area contributed by atoms with Crippen LogP contribution < -0.4 is 10.6 Å². The normalized spacial score (nSPS) is 22.9. The smallest absolute Gasteiger partial charge is 0.264 e. The van der Waals surface area contributed by atoms with Gasteiger partial charge in [0.25, 0.3) is 5.91 Å². The fourth-order valence-electron chi connectivity index (χ4n) is 3.86. The van der Waals surface area contributed by atoms with Gasteiger partial charge < -0.3 is 15.0 Å². The molecule has 4 rings (SSSR count). The highest BCUT2D eigenvalue weighted by Crippen LogP contribution is 2.31. The lowest BCUT2D eigenvalue weighted by Gasteiger charge is -2.30. The second-order valence-electron chi connectivity index (χ2n) is 7.33. The van der Waals surface area contributed by atoms with Gasteiger partial charge >= 0.3 is 0 Å². The number of aliphatic imine (C=N–C) groups is 1. The predicted molar refractivity (Wildman–Crippen MR) is 113 cm³/mol. The molecule has 0 aliphatic carbocycles. The SMILES string of the molecule is COCCN=C1Nc2ccccc2CN[C@]12CCN(C(=O)c1ccc(C)s1)C2. The number of hydrogen-bond donors (Lipinski definition) is 2. The van der Waals surface area contributed by atoms with E-state index in [1.165, 1.54) is 5.56 Å². The highest BCUT2D eigenvalue weighted by Gasteiger charge is 2.45. The van der Waals surface area contributed by atoms with Crippen LogP contribution >= 0.6 is 11.3 Å². The average Bonchev–Trinajstić information content (AvgIpc) is 3.29. The van der Waals surface area contributed by atoms with Crippen molar-refractivity contribution in [2.45, 2.75) is 25.4 Å². The molecule has 0 radical (unpaired) electrons. The van der Waals surface area contributed by atoms with E-state index in [-0.39, 0.29) is 11.4 Å². The third-order valence-corrected chi connectivity index (χ3v) is 6.40. The van der Waals surface area contributed by atoms with E-state index in [1.807, 2.05) is 36.1 Å². The Bertz CT molecular complexity index is 894. The number of nitrogens with one attached hydrogen (secondary N) is 2. The van der Waals surface area contributed by atoms with Crippen LogP contribution in [-0.4, -0.2) is 55.5 Å². The number of fused-ring (bicyclic) bond motifs is 1. The van der Waals surface area contributed by atoms with Crippen molar-refractivity contribution in [2.24, 2.45) is 4.99 Å². The average molecular weight is 399 g/mol. The standard InChI is InChI=1S/C21H26N4O2S/c1-15-7-8-18(28-15)19(26)25-11-9-21(14-25)20(22-10-12-27-2)24-17-6-4-3-5-16(17)13-23-21/h3-8,23H,9-14H2,1-2H3,(H,22,24)/t21-/m0/s1. The Morgan fingerprint density at radius 2 is 2.18 bits per heavy atom. The van der Waals surface area contributed by atoms with Crippen molar-refractivity contribution in [1.29, 1.82) is 0 Å². The maximum absolute atomic E-state index is 13.0. The number of rotatable bonds is 4. The third kappa shape index (κ3) is 3.70. The van der Waals surface area contributed by atoms with Crippen molar-refractivity contribution in [3.63, 3.8) is 0 Å². The van der Waals surface area contributed by atoms with Crippen LogP contribution in [0.3, 0.4) is 0 Å². The minimum Gasteiger partial charge on any atom is -0.383 e. The topological polar surface area (TPSA) is 66.0 Å². The number of amidine groups is 1. The number of ether oxygens (including phenoxy) is 1. The van der Waals surface area contributed by atoms with Gasteiger partial charge in [-0.2, -0.15) is 0 Å². The van der Waals surface area contributed by atoms with Gasteiger partial charge in [0, 0.05) is 37.3 Å². The first-order chi connectivity index (χ1) is 13.6. The van der Waals surface area contributed by atoms with Gasteiger partial charge in [-0.3, -0.25) is 15.1 Å². The molecule has 0 bridgehead atoms. The van der Waals surface area contributed by atoms with Crippen LogP contribution in [0.4, 0.5) is 5.69 Å². The van der Waals surface area contributed by atoms with E-state index in [0.29, 0.717) is 26.2 Å². The molecule has 0 unspecified atom stereocenters. The number of para-hydroxylation sites is 1. The predicted octanol–water partition coefficient (Wildman–Crippen LogP) is 2.90. The van der Waals surface area contributed by atoms with Gasteiger partial charge in [0.15, 0.2) is 0 Å². The number of carbonyl (C=O) groups excluding carboxylic acids is 1. The van der Waals surface area contributed by atoms with Crippen molar-refractivity contribution in [3.05, 3.63) is 51.7 Å². The first-order valence-corrected chi connectivity index (χ1v) is 10.4. The maximum atomic E-state index is 13.0. The minimum atomic E-state index is -0.366. The van der Waals surface area contributed by atoms with Crippen molar-refractivity contribution >= 4 is 28.8 Å². The summed E-state index contributed by atoms with van der Waals surface area (Å²) in [7, 11) is 1.68. The zero-order valence-electron chi connectivity index (χ0n) is 16.3. The van der Waals surface area contributed by atoms with Crippen LogP contribution in [0.25, 0.3) is 0 Å². The molecule has 28 heavy (non-hydrogen) atoms. The van der Waals surface area contributed by atoms with Gasteiger partial charge in [0.1, 0.15) is 5.84 Å². The van der Waals surface area contributed by atoms with E-state index in [4.69, 9.17) is 9.73 Å². The Hall–Kier alpha value is -2.22. The molecule has 1 fully saturated rings. The number of likely N-dealkylation sites (tertiary alicyclic amines) is 1. The van der Waals surface area contributed by atoms with Crippen LogP contribution in [0, 0.1) is 6.92 Å². The molecule has 7 heteroatoms. The number of thiophene rings is 1. The quantitative estimate of drug-likeness (QED) is 0.778. The van der Waals surface area contributed by atoms with Crippen molar-refractivity contribution < 1.29 is 9.53 Å². The van der Waals surface area contributed by atoms with Crippen LogP contribution in [0.5, 0.6) is 0 Å². The summed E-state index contributed by atoms with van der Waals surface area (Å²) in [5.41, 5.74) is 1.91. The van der Waals surface area contributed by atoms with Crippen LogP contribution in [-0.2, 0) is 11.3 Å². The van der Waals surface area contributed by atoms with Gasteiger partial charge in [-0.05, 0) is 37.1 Å². The van der Waals surface area contributed by atoms with Gasteiger partial charge in [-0.1, -0.05) is 18.2 Å². The number of carbonyl (C=O) groups is 1. The summed E-state index contributed by atoms with van der Waals surface area (Å²) in [4.78, 5) is 21.7. The molecule has 1 amide bonds. The third-order valence-electron chi connectivity index (χ3n) is 5.41. The minimum absolute atomic E-state index is 0.106. The van der Waals surface area contributed by atoms with Gasteiger partial charge in [-0.15, -0.1) is 11.3 Å². The number of aryl methyl sites for hydroxylation is 1. The number of hydrogen-bond acceptors (Lipinski definition) is 5. The molecule has 0 saturated carbocycles. The van der Waals surface area contributed by atoms with E-state index in [2.05, 4.69) is 22.8 Å². The highest BCUT2D eigenvalue weighted by molar-refractivity contribution is 7.13. The number of methoxy groups -OCH3 is 1. The second-order valence-corrected chi connectivity index (χ2v) is 8.62. The lowest BCUT2D eigenvalue weighted by molar-refractivity contribution is 0.0790. The molecule has 3 heterocycles. The summed E-state index contributed by atoms with van der Waals surface area (Å²) in [5.74, 6) is 1.00. The molecular weight excluding hydrogens is 372 g/mol. The molecular formula is C21H26N4O2S. The van der Waals surface area contributed by atoms with E-state index in [9.17, 15) is 4.79 Å². The fourth-order valence-corrected chi connectivity index (χ4v) is 4.69. The largest absolute Gasteiger partial charge is 0.383 e. The monoisotopic (exact) mass is 398 g/mol. The Morgan fingerprint density at radius 1 is 1.32 bits per heavy atom. The van der Waals surface area contributed by atoms with E-state index < -0.39 is 0 Å². The lowest BCUT2D eigenvalue weighted by atomic mass is 9.96. The Morgan fingerprint density at radius 3 is 2.96 bits per heavy atom. The lowest BCUT2D eigenvalue weighted by Crippen LogP contribution is -2.55. The molecule has 1 spiro atoms. The van der Waals surface area contributed by atoms with Crippen molar-refractivity contribution in [3.8, 4) is 0 Å². The summed E-state index contributed by atoms with van der Waals surface area (Å²) in [6, 6.07) is 12.2. The molecule has 6 nitrogen and oxygen atoms in total. The van der Waals surface area contributed by atoms with Crippen molar-refractivity contribution in [1.82, 2.24) is 10.2 Å². The molecule has 1 aromatic heterocycles. The summed E-state index contributed by atoms with van der Waals surface area (Å²) in [5, 5.41) is 7.26. The van der Waals surface area contributed by atoms with E-state index >= 15 is 0 Å². The van der Waals surface area contributed by atoms with E-state index in [0.717, 1.165) is 34.2 Å². The zero-order valence-corrected chi connectivity index (χ0v) is 17.1. The molecule has 148 valence electrons. The highest BCUT2D eigenvalue weighted by atomic mass is 32.1. The molecule has 2 N–H and O–H groups in total. The molecule has 1 aromatic carbocycles. The Kier molecular flexibility index (Phi) is 5.48. The first-order valence-electron chi connectivity index (χ1n) is 9.61. The molecule has 2 aliphatic rings. The summed E-state index contributed by atoms with van der Waals surface area (Å²) < 4.78 is 5.19. The molecule has 1 saturated heterocycles. The first kappa shape index (κ1) is 19.1. The van der Waals surface area contributed by atoms with Crippen LogP contribution in [0.2, 0.25) is 0 Å². The Balaban J connectivity index is 1.60. The van der Waals surface area contributed by atoms with Crippen molar-refractivity contribution in [2.75, 3.05) is 38.7 Å². The maximum Gasteiger partial charge on any atom is 0.264 e. The molecule has 1 atom stereocenters. The Labute approximate surface area is 169 Å². The fraction of sp³-hybridized carbons (Fsp3) is 0.429. The zero-order chi connectivity index (χ0) is 19.6. The van der Waals surface area contributed by atoms with Gasteiger partial charge in [0.05, 0.1) is 23.6 Å². The number of benzene rings is 1. The van der Waals surface area contributed by atoms with E-state index in [1.54, 1.807) is 18.4 Å². The number of anilines is 1. The second kappa shape index (κ2) is 8.03. The summed E-state index contributed by atoms with van der Waals surface area (Å²) in [6.45, 7) is 5.25. The van der Waals surface area contributed by atoms with Gasteiger partial charge in [0.2, 0.25) is 0 Å².